The minimum absolute atomic E-state index is 0.0792. The van der Waals surface area contributed by atoms with Gasteiger partial charge in [-0.3, -0.25) is 0 Å². The molecule has 0 bridgehead atoms. The molecular weight excluding hydrogens is 168 g/mol. The van der Waals surface area contributed by atoms with E-state index < -0.39 is 0 Å². The lowest BCUT2D eigenvalue weighted by molar-refractivity contribution is -0.0267. The lowest BCUT2D eigenvalue weighted by Gasteiger charge is -2.47. The number of methoxy groups -OCH3 is 1. The van der Waals surface area contributed by atoms with Crippen LogP contribution in [0.25, 0.3) is 0 Å². The molecule has 1 rings (SSSR count). The normalized spacial score (nSPS) is 33.0. The highest BCUT2D eigenvalue weighted by atomic mass is 16.5. The molecule has 1 saturated carbocycles. The second-order valence-corrected chi connectivity index (χ2v) is 3.75. The molecule has 4 heteroatoms. The van der Waals surface area contributed by atoms with Crippen LogP contribution >= 0.6 is 0 Å². The van der Waals surface area contributed by atoms with Crippen LogP contribution in [0.4, 0.5) is 0 Å². The molecule has 1 aliphatic carbocycles. The molecule has 0 unspecified atom stereocenters. The van der Waals surface area contributed by atoms with Gasteiger partial charge in [0.1, 0.15) is 0 Å². The molecule has 0 aromatic carbocycles. The van der Waals surface area contributed by atoms with E-state index in [1.165, 1.54) is 0 Å². The summed E-state index contributed by atoms with van der Waals surface area (Å²) in [4.78, 5) is 0. The first-order chi connectivity index (χ1) is 6.26. The van der Waals surface area contributed by atoms with Crippen LogP contribution in [0.5, 0.6) is 0 Å². The van der Waals surface area contributed by atoms with Crippen molar-refractivity contribution in [1.29, 1.82) is 0 Å². The van der Waals surface area contributed by atoms with E-state index in [1.807, 2.05) is 0 Å². The Morgan fingerprint density at radius 1 is 1.62 bits per heavy atom. The van der Waals surface area contributed by atoms with Crippen molar-refractivity contribution in [2.24, 2.45) is 5.73 Å². The van der Waals surface area contributed by atoms with Crippen molar-refractivity contribution >= 4 is 0 Å². The van der Waals surface area contributed by atoms with Gasteiger partial charge in [-0.1, -0.05) is 0 Å². The van der Waals surface area contributed by atoms with Crippen LogP contribution in [0, 0.1) is 0 Å². The van der Waals surface area contributed by atoms with Gasteiger partial charge in [0.25, 0.3) is 0 Å². The summed E-state index contributed by atoms with van der Waals surface area (Å²) in [6, 6.07) is 0. The predicted molar refractivity (Wildman–Crippen MR) is 51.5 cm³/mol. The Morgan fingerprint density at radius 3 is 2.77 bits per heavy atom. The molecule has 0 radical (unpaired) electrons. The first-order valence-corrected chi connectivity index (χ1v) is 4.85. The van der Waals surface area contributed by atoms with Gasteiger partial charge in [-0.2, -0.15) is 0 Å². The van der Waals surface area contributed by atoms with Gasteiger partial charge in [0.2, 0.25) is 0 Å². The summed E-state index contributed by atoms with van der Waals surface area (Å²) in [5, 5.41) is 12.0. The van der Waals surface area contributed by atoms with Crippen LogP contribution in [-0.2, 0) is 4.74 Å². The molecule has 4 nitrogen and oxygen atoms in total. The van der Waals surface area contributed by atoms with Gasteiger partial charge in [0.15, 0.2) is 0 Å². The summed E-state index contributed by atoms with van der Waals surface area (Å²) in [7, 11) is 1.73. The summed E-state index contributed by atoms with van der Waals surface area (Å²) < 4.78 is 5.20. The molecule has 0 atom stereocenters. The molecule has 0 spiro atoms. The van der Waals surface area contributed by atoms with Gasteiger partial charge < -0.3 is 20.9 Å². The molecule has 4 N–H and O–H groups in total. The number of hydrogen-bond donors (Lipinski definition) is 3. The largest absolute Gasteiger partial charge is 0.396 e. The van der Waals surface area contributed by atoms with E-state index in [9.17, 15) is 0 Å². The average Bonchev–Trinajstić information content (AvgIpc) is 2.09. The maximum absolute atomic E-state index is 8.63. The van der Waals surface area contributed by atoms with Crippen molar-refractivity contribution in [3.05, 3.63) is 0 Å². The van der Waals surface area contributed by atoms with Gasteiger partial charge >= 0.3 is 0 Å². The first kappa shape index (κ1) is 10.9. The fourth-order valence-corrected chi connectivity index (χ4v) is 1.79. The van der Waals surface area contributed by atoms with Crippen molar-refractivity contribution in [2.75, 3.05) is 26.8 Å². The van der Waals surface area contributed by atoms with Crippen LogP contribution in [0.1, 0.15) is 19.3 Å². The Kier molecular flexibility index (Phi) is 4.12. The van der Waals surface area contributed by atoms with Crippen LogP contribution in [0.15, 0.2) is 0 Å². The molecule has 0 aromatic heterocycles. The number of nitrogens with two attached hydrogens (primary N) is 1. The van der Waals surface area contributed by atoms with E-state index in [0.29, 0.717) is 12.6 Å². The summed E-state index contributed by atoms with van der Waals surface area (Å²) in [6.07, 6.45) is 3.14. The highest BCUT2D eigenvalue weighted by Crippen LogP contribution is 2.33. The van der Waals surface area contributed by atoms with Crippen molar-refractivity contribution in [1.82, 2.24) is 5.32 Å². The molecule has 0 amide bonds. The number of aliphatic hydroxyl groups excluding tert-OH is 1. The molecule has 0 heterocycles. The minimum atomic E-state index is 0.0792. The van der Waals surface area contributed by atoms with E-state index in [4.69, 9.17) is 15.6 Å². The third-order valence-electron chi connectivity index (χ3n) is 2.80. The Bertz CT molecular complexity index is 147. The lowest BCUT2D eigenvalue weighted by Crippen LogP contribution is -2.62. The van der Waals surface area contributed by atoms with E-state index in [-0.39, 0.29) is 12.1 Å². The standard InChI is InChI=1S/C9H20N2O2/c1-13-8-5-9(6-8,7-10)11-3-2-4-12/h8,11-12H,2-7,10H2,1H3. The average molecular weight is 188 g/mol. The molecule has 0 saturated heterocycles. The SMILES string of the molecule is COC1CC(CN)(NCCCO)C1. The zero-order valence-electron chi connectivity index (χ0n) is 8.25. The smallest absolute Gasteiger partial charge is 0.0607 e. The minimum Gasteiger partial charge on any atom is -0.396 e. The number of aliphatic hydroxyl groups is 1. The first-order valence-electron chi connectivity index (χ1n) is 4.85. The van der Waals surface area contributed by atoms with Crippen LogP contribution in [0.2, 0.25) is 0 Å². The maximum Gasteiger partial charge on any atom is 0.0607 e. The fraction of sp³-hybridized carbons (Fsp3) is 1.00. The quantitative estimate of drug-likeness (QED) is 0.490. The van der Waals surface area contributed by atoms with Gasteiger partial charge in [-0.15, -0.1) is 0 Å². The van der Waals surface area contributed by atoms with E-state index >= 15 is 0 Å². The maximum atomic E-state index is 8.63. The fourth-order valence-electron chi connectivity index (χ4n) is 1.79. The number of rotatable bonds is 6. The molecule has 0 aliphatic heterocycles. The van der Waals surface area contributed by atoms with Crippen molar-refractivity contribution < 1.29 is 9.84 Å². The van der Waals surface area contributed by atoms with Gasteiger partial charge in [0, 0.05) is 25.8 Å². The Morgan fingerprint density at radius 2 is 2.31 bits per heavy atom. The summed E-state index contributed by atoms with van der Waals surface area (Å²) in [5.74, 6) is 0. The molecule has 0 aromatic rings. The summed E-state index contributed by atoms with van der Waals surface area (Å²) >= 11 is 0. The van der Waals surface area contributed by atoms with Gasteiger partial charge in [0.05, 0.1) is 6.10 Å². The zero-order valence-corrected chi connectivity index (χ0v) is 8.25. The van der Waals surface area contributed by atoms with Crippen molar-refractivity contribution in [3.63, 3.8) is 0 Å². The predicted octanol–water partition coefficient (Wildman–Crippen LogP) is -0.535. The molecule has 1 aliphatic rings. The summed E-state index contributed by atoms with van der Waals surface area (Å²) in [6.45, 7) is 1.73. The third kappa shape index (κ3) is 2.64. The number of hydrogen-bond acceptors (Lipinski definition) is 4. The van der Waals surface area contributed by atoms with Crippen molar-refractivity contribution in [3.8, 4) is 0 Å². The monoisotopic (exact) mass is 188 g/mol. The molecule has 1 fully saturated rings. The van der Waals surface area contributed by atoms with E-state index in [0.717, 1.165) is 25.8 Å². The van der Waals surface area contributed by atoms with E-state index in [2.05, 4.69) is 5.32 Å². The second kappa shape index (κ2) is 4.91. The number of nitrogens with one attached hydrogen (secondary N) is 1. The lowest BCUT2D eigenvalue weighted by atomic mass is 9.74. The molecular formula is C9H20N2O2. The third-order valence-corrected chi connectivity index (χ3v) is 2.80. The Labute approximate surface area is 79.5 Å². The van der Waals surface area contributed by atoms with Gasteiger partial charge in [-0.25, -0.2) is 0 Å². The highest BCUT2D eigenvalue weighted by molar-refractivity contribution is 5.02. The van der Waals surface area contributed by atoms with Crippen LogP contribution in [0.3, 0.4) is 0 Å². The van der Waals surface area contributed by atoms with Crippen molar-refractivity contribution in [2.45, 2.75) is 30.9 Å². The Hall–Kier alpha value is -0.160. The van der Waals surface area contributed by atoms with Gasteiger partial charge in [-0.05, 0) is 25.8 Å². The second-order valence-electron chi connectivity index (χ2n) is 3.75. The molecule has 78 valence electrons. The zero-order chi connectivity index (χ0) is 9.73. The van der Waals surface area contributed by atoms with Crippen LogP contribution in [-0.4, -0.2) is 43.6 Å². The van der Waals surface area contributed by atoms with E-state index in [1.54, 1.807) is 7.11 Å². The molecule has 13 heavy (non-hydrogen) atoms. The highest BCUT2D eigenvalue weighted by Gasteiger charge is 2.42. The topological polar surface area (TPSA) is 67.5 Å². The van der Waals surface area contributed by atoms with Crippen LogP contribution < -0.4 is 11.1 Å². The Balaban J connectivity index is 2.20. The summed E-state index contributed by atoms with van der Waals surface area (Å²) in [5.41, 5.74) is 5.77. The number of ether oxygens (including phenoxy) is 1.